The van der Waals surface area contributed by atoms with Gasteiger partial charge in [0.1, 0.15) is 0 Å². The molecule has 120 valence electrons. The average molecular weight is 299 g/mol. The second-order valence-electron chi connectivity index (χ2n) is 7.09. The number of benzene rings is 1. The van der Waals surface area contributed by atoms with Gasteiger partial charge in [0, 0.05) is 26.7 Å². The summed E-state index contributed by atoms with van der Waals surface area (Å²) in [7, 11) is 1.91. The minimum Gasteiger partial charge on any atom is -0.356 e. The molecule has 1 saturated carbocycles. The number of rotatable bonds is 3. The number of aryl methyl sites for hydroxylation is 1. The van der Waals surface area contributed by atoms with Crippen LogP contribution in [0.25, 0.3) is 0 Å². The van der Waals surface area contributed by atoms with Crippen molar-refractivity contribution in [3.05, 3.63) is 35.4 Å². The van der Waals surface area contributed by atoms with Crippen molar-refractivity contribution in [1.29, 1.82) is 0 Å². The molecule has 2 fully saturated rings. The highest BCUT2D eigenvalue weighted by Crippen LogP contribution is 2.45. The maximum absolute atomic E-state index is 4.50. The molecule has 0 amide bonds. The fraction of sp³-hybridized carbons (Fsp3) is 0.632. The van der Waals surface area contributed by atoms with Crippen LogP contribution in [0, 0.1) is 12.3 Å². The van der Waals surface area contributed by atoms with Gasteiger partial charge < -0.3 is 10.2 Å². The van der Waals surface area contributed by atoms with Gasteiger partial charge in [0.05, 0.1) is 0 Å². The van der Waals surface area contributed by atoms with E-state index in [4.69, 9.17) is 0 Å². The van der Waals surface area contributed by atoms with E-state index in [1.807, 2.05) is 7.05 Å². The molecule has 0 unspecified atom stereocenters. The predicted octanol–water partition coefficient (Wildman–Crippen LogP) is 3.38. The Bertz CT molecular complexity index is 529. The highest BCUT2D eigenvalue weighted by atomic mass is 15.3. The van der Waals surface area contributed by atoms with Gasteiger partial charge in [-0.05, 0) is 43.6 Å². The molecule has 1 aromatic rings. The van der Waals surface area contributed by atoms with E-state index in [1.165, 1.54) is 56.3 Å². The highest BCUT2D eigenvalue weighted by Gasteiger charge is 2.40. The van der Waals surface area contributed by atoms with Crippen LogP contribution in [0.4, 0.5) is 0 Å². The van der Waals surface area contributed by atoms with Crippen LogP contribution in [0.2, 0.25) is 0 Å². The smallest absolute Gasteiger partial charge is 0.193 e. The van der Waals surface area contributed by atoms with Crippen molar-refractivity contribution in [3.63, 3.8) is 0 Å². The van der Waals surface area contributed by atoms with E-state index < -0.39 is 0 Å². The SMILES string of the molecule is CN=C(NCCc1cccc(C)c1)N1CCC2(CCCC2)C1. The van der Waals surface area contributed by atoms with Crippen LogP contribution < -0.4 is 5.32 Å². The summed E-state index contributed by atoms with van der Waals surface area (Å²) in [6.07, 6.45) is 8.10. The summed E-state index contributed by atoms with van der Waals surface area (Å²) in [5.41, 5.74) is 3.34. The maximum atomic E-state index is 4.50. The number of nitrogens with zero attached hydrogens (tertiary/aromatic N) is 2. The van der Waals surface area contributed by atoms with Gasteiger partial charge in [-0.2, -0.15) is 0 Å². The molecule has 3 rings (SSSR count). The molecule has 1 aliphatic carbocycles. The van der Waals surface area contributed by atoms with Crippen molar-refractivity contribution in [2.75, 3.05) is 26.7 Å². The first-order chi connectivity index (χ1) is 10.7. The summed E-state index contributed by atoms with van der Waals surface area (Å²) in [6, 6.07) is 8.78. The lowest BCUT2D eigenvalue weighted by molar-refractivity contribution is 0.309. The first-order valence-electron chi connectivity index (χ1n) is 8.72. The number of likely N-dealkylation sites (tertiary alicyclic amines) is 1. The van der Waals surface area contributed by atoms with Crippen molar-refractivity contribution in [2.45, 2.75) is 45.4 Å². The van der Waals surface area contributed by atoms with E-state index >= 15 is 0 Å². The second-order valence-corrected chi connectivity index (χ2v) is 7.09. The number of aliphatic imine (C=N–C) groups is 1. The number of hydrogen-bond donors (Lipinski definition) is 1. The molecule has 1 aromatic carbocycles. The zero-order valence-electron chi connectivity index (χ0n) is 14.1. The molecule has 1 saturated heterocycles. The molecule has 1 heterocycles. The molecule has 3 nitrogen and oxygen atoms in total. The van der Waals surface area contributed by atoms with Crippen molar-refractivity contribution in [2.24, 2.45) is 10.4 Å². The van der Waals surface area contributed by atoms with E-state index in [9.17, 15) is 0 Å². The zero-order chi connectivity index (χ0) is 15.4. The van der Waals surface area contributed by atoms with Gasteiger partial charge in [-0.1, -0.05) is 42.7 Å². The van der Waals surface area contributed by atoms with E-state index in [0.717, 1.165) is 18.9 Å². The molecule has 1 aliphatic heterocycles. The minimum absolute atomic E-state index is 0.605. The molecular weight excluding hydrogens is 270 g/mol. The quantitative estimate of drug-likeness (QED) is 0.684. The van der Waals surface area contributed by atoms with Gasteiger partial charge in [0.15, 0.2) is 5.96 Å². The normalized spacial score (nSPS) is 20.8. The van der Waals surface area contributed by atoms with Crippen molar-refractivity contribution >= 4 is 5.96 Å². The Morgan fingerprint density at radius 1 is 1.27 bits per heavy atom. The lowest BCUT2D eigenvalue weighted by atomic mass is 9.86. The number of hydrogen-bond acceptors (Lipinski definition) is 1. The Morgan fingerprint density at radius 3 is 2.82 bits per heavy atom. The van der Waals surface area contributed by atoms with Gasteiger partial charge in [-0.25, -0.2) is 0 Å². The summed E-state index contributed by atoms with van der Waals surface area (Å²) in [5.74, 6) is 1.09. The van der Waals surface area contributed by atoms with Crippen LogP contribution in [0.3, 0.4) is 0 Å². The molecular formula is C19H29N3. The Hall–Kier alpha value is -1.51. The summed E-state index contributed by atoms with van der Waals surface area (Å²) in [5, 5.41) is 3.56. The first kappa shape index (κ1) is 15.4. The fourth-order valence-corrected chi connectivity index (χ4v) is 4.17. The fourth-order valence-electron chi connectivity index (χ4n) is 4.17. The summed E-state index contributed by atoms with van der Waals surface area (Å²) < 4.78 is 0. The van der Waals surface area contributed by atoms with Gasteiger partial charge in [-0.15, -0.1) is 0 Å². The Kier molecular flexibility index (Phi) is 4.70. The maximum Gasteiger partial charge on any atom is 0.193 e. The van der Waals surface area contributed by atoms with Crippen LogP contribution in [-0.2, 0) is 6.42 Å². The summed E-state index contributed by atoms with van der Waals surface area (Å²) in [6.45, 7) is 5.49. The van der Waals surface area contributed by atoms with Gasteiger partial charge >= 0.3 is 0 Å². The lowest BCUT2D eigenvalue weighted by Crippen LogP contribution is -2.41. The molecule has 1 N–H and O–H groups in total. The molecule has 0 bridgehead atoms. The third-order valence-electron chi connectivity index (χ3n) is 5.39. The molecule has 1 spiro atoms. The van der Waals surface area contributed by atoms with E-state index in [0.29, 0.717) is 5.41 Å². The molecule has 22 heavy (non-hydrogen) atoms. The Balaban J connectivity index is 1.50. The van der Waals surface area contributed by atoms with E-state index in [2.05, 4.69) is 46.4 Å². The van der Waals surface area contributed by atoms with Crippen molar-refractivity contribution in [3.8, 4) is 0 Å². The predicted molar refractivity (Wildman–Crippen MR) is 93.3 cm³/mol. The highest BCUT2D eigenvalue weighted by molar-refractivity contribution is 5.80. The standard InChI is InChI=1S/C19H29N3/c1-16-6-5-7-17(14-16)8-12-21-18(20-2)22-13-11-19(15-22)9-3-4-10-19/h5-7,14H,3-4,8-13,15H2,1-2H3,(H,20,21). The van der Waals surface area contributed by atoms with Crippen LogP contribution in [0.15, 0.2) is 29.3 Å². The molecule has 3 heteroatoms. The van der Waals surface area contributed by atoms with E-state index in [1.54, 1.807) is 0 Å². The molecule has 0 radical (unpaired) electrons. The third-order valence-corrected chi connectivity index (χ3v) is 5.39. The Morgan fingerprint density at radius 2 is 2.09 bits per heavy atom. The van der Waals surface area contributed by atoms with Crippen LogP contribution >= 0.6 is 0 Å². The minimum atomic E-state index is 0.605. The molecule has 2 aliphatic rings. The van der Waals surface area contributed by atoms with Crippen molar-refractivity contribution in [1.82, 2.24) is 10.2 Å². The van der Waals surface area contributed by atoms with Gasteiger partial charge in [-0.3, -0.25) is 4.99 Å². The molecule has 0 atom stereocenters. The monoisotopic (exact) mass is 299 g/mol. The second kappa shape index (κ2) is 6.72. The average Bonchev–Trinajstić information content (AvgIpc) is 3.14. The number of nitrogens with one attached hydrogen (secondary N) is 1. The Labute approximate surface area is 134 Å². The zero-order valence-corrected chi connectivity index (χ0v) is 14.1. The molecule has 0 aromatic heterocycles. The van der Waals surface area contributed by atoms with Gasteiger partial charge in [0.25, 0.3) is 0 Å². The third kappa shape index (κ3) is 3.45. The van der Waals surface area contributed by atoms with Crippen LogP contribution in [0.1, 0.15) is 43.2 Å². The first-order valence-corrected chi connectivity index (χ1v) is 8.72. The van der Waals surface area contributed by atoms with Crippen molar-refractivity contribution < 1.29 is 0 Å². The summed E-state index contributed by atoms with van der Waals surface area (Å²) in [4.78, 5) is 6.98. The topological polar surface area (TPSA) is 27.6 Å². The number of guanidine groups is 1. The largest absolute Gasteiger partial charge is 0.356 e. The van der Waals surface area contributed by atoms with Crippen LogP contribution in [0.5, 0.6) is 0 Å². The van der Waals surface area contributed by atoms with E-state index in [-0.39, 0.29) is 0 Å². The van der Waals surface area contributed by atoms with Crippen LogP contribution in [-0.4, -0.2) is 37.5 Å². The van der Waals surface area contributed by atoms with Gasteiger partial charge in [0.2, 0.25) is 0 Å². The lowest BCUT2D eigenvalue weighted by Gasteiger charge is -2.26. The summed E-state index contributed by atoms with van der Waals surface area (Å²) >= 11 is 0.